The Bertz CT molecular complexity index is 1300. The third-order valence-electron chi connectivity index (χ3n) is 7.69. The lowest BCUT2D eigenvalue weighted by molar-refractivity contribution is -0.125. The number of benzene rings is 1. The van der Waals surface area contributed by atoms with Crippen LogP contribution in [0.25, 0.3) is 11.2 Å². The summed E-state index contributed by atoms with van der Waals surface area (Å²) < 4.78 is 17.3. The summed E-state index contributed by atoms with van der Waals surface area (Å²) in [6.07, 6.45) is 7.90. The fourth-order valence-corrected chi connectivity index (χ4v) is 5.43. The number of anilines is 2. The van der Waals surface area contributed by atoms with Crippen LogP contribution in [0.5, 0.6) is 0 Å². The van der Waals surface area contributed by atoms with Crippen molar-refractivity contribution >= 4 is 28.6 Å². The fraction of sp³-hybridized carbons (Fsp3) is 0.520. The molecule has 6 rings (SSSR count). The summed E-state index contributed by atoms with van der Waals surface area (Å²) >= 11 is 0. The van der Waals surface area contributed by atoms with E-state index in [1.807, 2.05) is 10.6 Å². The van der Waals surface area contributed by atoms with Crippen LogP contribution >= 0.6 is 0 Å². The zero-order chi connectivity index (χ0) is 24.9. The van der Waals surface area contributed by atoms with Gasteiger partial charge in [0.1, 0.15) is 23.2 Å². The lowest BCUT2D eigenvalue weighted by Gasteiger charge is -2.28. The Balaban J connectivity index is 1.37. The number of fused-ring (bicyclic) bond motifs is 1. The van der Waals surface area contributed by atoms with Crippen molar-refractivity contribution in [3.8, 4) is 0 Å². The number of rotatable bonds is 7. The summed E-state index contributed by atoms with van der Waals surface area (Å²) in [5.74, 6) is -0.0187. The van der Waals surface area contributed by atoms with Gasteiger partial charge in [-0.05, 0) is 57.3 Å². The molecule has 11 heteroatoms. The second-order valence-corrected chi connectivity index (χ2v) is 10.4. The number of nitrogens with two attached hydrogens (primary N) is 2. The highest BCUT2D eigenvalue weighted by molar-refractivity contribution is 5.88. The largest absolute Gasteiger partial charge is 0.382 e. The Morgan fingerprint density at radius 2 is 1.92 bits per heavy atom. The van der Waals surface area contributed by atoms with E-state index in [1.165, 1.54) is 12.4 Å². The monoisotopic (exact) mass is 493 g/mol. The smallest absolute Gasteiger partial charge is 0.242 e. The maximum atomic E-state index is 15.4. The molecule has 1 saturated carbocycles. The molecule has 3 aromatic rings. The van der Waals surface area contributed by atoms with Gasteiger partial charge in [-0.25, -0.2) is 19.3 Å². The van der Waals surface area contributed by atoms with Crippen molar-refractivity contribution in [2.75, 3.05) is 36.8 Å². The molecular weight excluding hydrogens is 461 g/mol. The molecule has 0 bridgehead atoms. The van der Waals surface area contributed by atoms with Crippen molar-refractivity contribution < 1.29 is 9.18 Å². The molecule has 4 heterocycles. The van der Waals surface area contributed by atoms with Crippen molar-refractivity contribution in [2.45, 2.75) is 56.8 Å². The predicted octanol–water partition coefficient (Wildman–Crippen LogP) is 1.38. The standard InChI is InChI=1S/C25H32FN9O/c26-19-5-6-20(34-10-7-25(28,13-34)24(36)32-16-3-4-16)18(17(19)11-33-8-1-2-9-33)12-35-15-31-21-22(27)29-14-30-23(21)35/h5-6,14-16H,1-4,7-13,28H2,(H,32,36)(H2,27,29,30)/t25-/m1/s1. The van der Waals surface area contributed by atoms with Crippen LogP contribution in [0.3, 0.4) is 0 Å². The Kier molecular flexibility index (Phi) is 5.76. The van der Waals surface area contributed by atoms with Gasteiger partial charge in [-0.15, -0.1) is 0 Å². The predicted molar refractivity (Wildman–Crippen MR) is 135 cm³/mol. The van der Waals surface area contributed by atoms with Crippen LogP contribution in [0, 0.1) is 5.82 Å². The summed E-state index contributed by atoms with van der Waals surface area (Å²) in [5, 5.41) is 3.06. The number of hydrogen-bond donors (Lipinski definition) is 3. The molecule has 3 fully saturated rings. The number of hydrogen-bond acceptors (Lipinski definition) is 8. The molecule has 1 aliphatic carbocycles. The SMILES string of the molecule is Nc1ncnc2c1ncn2Cc1c(N2CC[C@](N)(C(=O)NC3CC3)C2)ccc(F)c1CN1CCCC1. The van der Waals surface area contributed by atoms with Gasteiger partial charge in [-0.2, -0.15) is 0 Å². The van der Waals surface area contributed by atoms with Gasteiger partial charge in [0.15, 0.2) is 11.5 Å². The topological polar surface area (TPSA) is 131 Å². The molecule has 0 unspecified atom stereocenters. The Morgan fingerprint density at radius 3 is 2.69 bits per heavy atom. The van der Waals surface area contributed by atoms with Crippen molar-refractivity contribution in [3.63, 3.8) is 0 Å². The zero-order valence-corrected chi connectivity index (χ0v) is 20.3. The molecule has 3 aliphatic rings. The summed E-state index contributed by atoms with van der Waals surface area (Å²) in [6, 6.07) is 3.60. The molecule has 2 aromatic heterocycles. The molecule has 0 spiro atoms. The number of nitrogens with zero attached hydrogens (tertiary/aromatic N) is 6. The van der Waals surface area contributed by atoms with Gasteiger partial charge in [0.05, 0.1) is 12.9 Å². The Hall–Kier alpha value is -3.31. The van der Waals surface area contributed by atoms with E-state index in [4.69, 9.17) is 11.5 Å². The lowest BCUT2D eigenvalue weighted by atomic mass is 9.98. The number of aromatic nitrogens is 4. The van der Waals surface area contributed by atoms with Gasteiger partial charge in [0.25, 0.3) is 0 Å². The third-order valence-corrected chi connectivity index (χ3v) is 7.69. The van der Waals surface area contributed by atoms with E-state index in [0.29, 0.717) is 55.1 Å². The van der Waals surface area contributed by atoms with Crippen LogP contribution in [-0.2, 0) is 17.9 Å². The molecule has 0 radical (unpaired) electrons. The van der Waals surface area contributed by atoms with Gasteiger partial charge in [0, 0.05) is 42.5 Å². The van der Waals surface area contributed by atoms with E-state index in [-0.39, 0.29) is 17.8 Å². The van der Waals surface area contributed by atoms with Crippen LogP contribution in [0.4, 0.5) is 15.9 Å². The molecule has 1 amide bonds. The number of amides is 1. The highest BCUT2D eigenvalue weighted by Gasteiger charge is 2.43. The average Bonchev–Trinajstić information content (AvgIpc) is 3.23. The number of nitrogen functional groups attached to an aromatic ring is 1. The molecule has 190 valence electrons. The molecule has 1 aromatic carbocycles. The highest BCUT2D eigenvalue weighted by atomic mass is 19.1. The van der Waals surface area contributed by atoms with E-state index < -0.39 is 5.54 Å². The zero-order valence-electron chi connectivity index (χ0n) is 20.3. The third kappa shape index (κ3) is 4.26. The van der Waals surface area contributed by atoms with E-state index in [0.717, 1.165) is 50.0 Å². The van der Waals surface area contributed by atoms with Crippen LogP contribution in [-0.4, -0.2) is 68.1 Å². The van der Waals surface area contributed by atoms with Crippen LogP contribution in [0.1, 0.15) is 43.2 Å². The average molecular weight is 494 g/mol. The Labute approximate surface area is 208 Å². The number of imidazole rings is 1. The molecular formula is C25H32FN9O. The van der Waals surface area contributed by atoms with Crippen LogP contribution in [0.2, 0.25) is 0 Å². The normalized spacial score (nSPS) is 22.6. The van der Waals surface area contributed by atoms with E-state index in [9.17, 15) is 4.79 Å². The highest BCUT2D eigenvalue weighted by Crippen LogP contribution is 2.34. The van der Waals surface area contributed by atoms with E-state index in [2.05, 4.69) is 30.1 Å². The van der Waals surface area contributed by atoms with Crippen molar-refractivity contribution in [2.24, 2.45) is 5.73 Å². The number of carbonyl (C=O) groups is 1. The molecule has 2 saturated heterocycles. The van der Waals surface area contributed by atoms with Gasteiger partial charge in [-0.1, -0.05) is 0 Å². The minimum Gasteiger partial charge on any atom is -0.382 e. The molecule has 5 N–H and O–H groups in total. The quantitative estimate of drug-likeness (QED) is 0.450. The lowest BCUT2D eigenvalue weighted by Crippen LogP contribution is -2.56. The second kappa shape index (κ2) is 8.97. The fourth-order valence-electron chi connectivity index (χ4n) is 5.43. The summed E-state index contributed by atoms with van der Waals surface area (Å²) in [4.78, 5) is 30.1. The van der Waals surface area contributed by atoms with Gasteiger partial charge >= 0.3 is 0 Å². The number of nitrogens with one attached hydrogen (secondary N) is 1. The molecule has 10 nitrogen and oxygen atoms in total. The molecule has 2 aliphatic heterocycles. The first-order chi connectivity index (χ1) is 17.4. The summed E-state index contributed by atoms with van der Waals surface area (Å²) in [7, 11) is 0. The Morgan fingerprint density at radius 1 is 1.11 bits per heavy atom. The van der Waals surface area contributed by atoms with Crippen molar-refractivity contribution in [1.82, 2.24) is 29.7 Å². The van der Waals surface area contributed by atoms with Crippen LogP contribution in [0.15, 0.2) is 24.8 Å². The van der Waals surface area contributed by atoms with Gasteiger partial charge in [-0.3, -0.25) is 9.69 Å². The maximum absolute atomic E-state index is 15.4. The number of halogens is 1. The summed E-state index contributed by atoms with van der Waals surface area (Å²) in [6.45, 7) is 3.81. The first kappa shape index (κ1) is 23.1. The number of likely N-dealkylation sites (tertiary alicyclic amines) is 1. The van der Waals surface area contributed by atoms with Crippen LogP contribution < -0.4 is 21.7 Å². The van der Waals surface area contributed by atoms with Crippen molar-refractivity contribution in [3.05, 3.63) is 41.7 Å². The van der Waals surface area contributed by atoms with Crippen molar-refractivity contribution in [1.29, 1.82) is 0 Å². The second-order valence-electron chi connectivity index (χ2n) is 10.4. The number of carbonyl (C=O) groups excluding carboxylic acids is 1. The van der Waals surface area contributed by atoms with Gasteiger partial charge < -0.3 is 26.3 Å². The van der Waals surface area contributed by atoms with Gasteiger partial charge in [0.2, 0.25) is 5.91 Å². The summed E-state index contributed by atoms with van der Waals surface area (Å²) in [5.41, 5.74) is 15.2. The van der Waals surface area contributed by atoms with E-state index >= 15 is 4.39 Å². The van der Waals surface area contributed by atoms with E-state index in [1.54, 1.807) is 6.33 Å². The first-order valence-corrected chi connectivity index (χ1v) is 12.7. The molecule has 36 heavy (non-hydrogen) atoms. The maximum Gasteiger partial charge on any atom is 0.242 e. The minimum absolute atomic E-state index is 0.0961. The first-order valence-electron chi connectivity index (χ1n) is 12.7. The minimum atomic E-state index is -0.966. The molecule has 1 atom stereocenters.